The molecule has 6 aliphatic rings. The van der Waals surface area contributed by atoms with Gasteiger partial charge in [0.15, 0.2) is 16.4 Å². The highest BCUT2D eigenvalue weighted by Crippen LogP contribution is 2.64. The lowest BCUT2D eigenvalue weighted by atomic mass is 9.48. The van der Waals surface area contributed by atoms with Crippen molar-refractivity contribution in [3.8, 4) is 17.2 Å². The van der Waals surface area contributed by atoms with Crippen LogP contribution in [0.4, 0.5) is 26.3 Å². The number of esters is 4. The molecule has 3 atom stereocenters. The average Bonchev–Trinajstić information content (AvgIpc) is 0.916. The quantitative estimate of drug-likeness (QED) is 0.0297. The second-order valence-electron chi connectivity index (χ2n) is 29.1. The molecule has 1 aliphatic heterocycles. The summed E-state index contributed by atoms with van der Waals surface area (Å²) in [5.41, 5.74) is -8.83. The van der Waals surface area contributed by atoms with Gasteiger partial charge in [-0.05, 0) is 235 Å². The minimum Gasteiger partial charge on any atom is -0.748 e. The van der Waals surface area contributed by atoms with Crippen LogP contribution in [0.2, 0.25) is 0 Å². The number of para-hydroxylation sites is 2. The summed E-state index contributed by atoms with van der Waals surface area (Å²) < 4.78 is 142. The minimum atomic E-state index is -6.43. The van der Waals surface area contributed by atoms with E-state index in [1.807, 2.05) is 104 Å². The highest BCUT2D eigenvalue weighted by Gasteiger charge is 2.76. The SMILES string of the molecule is CCC(C)(C)C(=O)OC(C)(C)c1ccncc1.CCC(C)(C)C(=O)OC1(C)CCCC1.CCC(C)(C)C(=O)OC12CC3CC(C1)CC(C(=O)OC(CS(=O)(=O)[O-])(C(F)(F)F)C(F)(F)F)(C3)C2.CCC(C)c1ccc(O)cc1.c1ccc([S+]2c3ccccc3Oc3ccccc32)cc1. The number of carbonyl (C=O) groups is 4. The maximum atomic E-state index is 13.7. The summed E-state index contributed by atoms with van der Waals surface area (Å²) in [5, 5.41) is 9.01. The molecule has 1 aromatic heterocycles. The molecule has 534 valence electrons. The smallest absolute Gasteiger partial charge is 0.438 e. The molecule has 5 fully saturated rings. The van der Waals surface area contributed by atoms with E-state index >= 15 is 0 Å². The molecule has 0 radical (unpaired) electrons. The highest BCUT2D eigenvalue weighted by atomic mass is 32.2. The number of benzene rings is 4. The number of hydrogen-bond donors (Lipinski definition) is 1. The zero-order chi connectivity index (χ0) is 72.4. The van der Waals surface area contributed by atoms with Crippen molar-refractivity contribution < 1.29 is 87.3 Å². The number of phenolic OH excluding ortho intramolecular Hbond substituents is 1. The number of hydrogen-bond acceptors (Lipinski definition) is 14. The molecule has 3 unspecified atom stereocenters. The summed E-state index contributed by atoms with van der Waals surface area (Å²) >= 11 is 0. The topological polar surface area (TPSA) is 205 Å². The third-order valence-electron chi connectivity index (χ3n) is 19.8. The molecule has 14 nitrogen and oxygen atoms in total. The van der Waals surface area contributed by atoms with Crippen molar-refractivity contribution in [3.05, 3.63) is 139 Å². The molecule has 5 aromatic rings. The number of ether oxygens (including phenoxy) is 5. The van der Waals surface area contributed by atoms with E-state index in [0.717, 1.165) is 49.2 Å². The van der Waals surface area contributed by atoms with E-state index in [0.29, 0.717) is 37.4 Å². The van der Waals surface area contributed by atoms with Crippen molar-refractivity contribution in [1.29, 1.82) is 0 Å². The lowest BCUT2D eigenvalue weighted by Crippen LogP contribution is -2.66. The fraction of sp³-hybridized carbons (Fsp3) is 0.560. The first-order valence-electron chi connectivity index (χ1n) is 33.3. The van der Waals surface area contributed by atoms with Gasteiger partial charge in [0, 0.05) is 18.8 Å². The number of aromatic hydroxyl groups is 1. The van der Waals surface area contributed by atoms with Crippen LogP contribution in [0.25, 0.3) is 0 Å². The first kappa shape index (κ1) is 79.3. The minimum absolute atomic E-state index is 0.0376. The molecule has 4 bridgehead atoms. The molecule has 22 heteroatoms. The van der Waals surface area contributed by atoms with Gasteiger partial charge in [-0.3, -0.25) is 24.2 Å². The van der Waals surface area contributed by atoms with Crippen molar-refractivity contribution in [2.75, 3.05) is 5.75 Å². The number of pyridine rings is 1. The van der Waals surface area contributed by atoms with E-state index in [1.54, 1.807) is 45.3 Å². The van der Waals surface area contributed by atoms with Crippen LogP contribution in [0, 0.1) is 33.5 Å². The summed E-state index contributed by atoms with van der Waals surface area (Å²) in [7, 11) is -6.22. The predicted molar refractivity (Wildman–Crippen MR) is 358 cm³/mol. The van der Waals surface area contributed by atoms with Crippen LogP contribution in [0.1, 0.15) is 204 Å². The number of halogens is 6. The number of carbonyl (C=O) groups excluding carboxylic acids is 4. The summed E-state index contributed by atoms with van der Waals surface area (Å²) in [4.78, 5) is 57.6. The van der Waals surface area contributed by atoms with Gasteiger partial charge >= 0.3 is 41.8 Å². The fourth-order valence-corrected chi connectivity index (χ4v) is 15.7. The second-order valence-corrected chi connectivity index (χ2v) is 32.5. The number of aromatic nitrogens is 1. The molecule has 5 saturated carbocycles. The van der Waals surface area contributed by atoms with E-state index < -0.39 is 73.2 Å². The number of nitrogens with zero attached hydrogens (tertiary/aromatic N) is 1. The van der Waals surface area contributed by atoms with Crippen LogP contribution in [-0.4, -0.2) is 81.8 Å². The van der Waals surface area contributed by atoms with E-state index in [4.69, 9.17) is 24.1 Å². The molecular formula is C75H97F6NO13S2. The van der Waals surface area contributed by atoms with Crippen LogP contribution in [0.5, 0.6) is 17.2 Å². The van der Waals surface area contributed by atoms with Gasteiger partial charge in [0.1, 0.15) is 33.4 Å². The molecule has 4 aromatic carbocycles. The Morgan fingerprint density at radius 1 is 0.639 bits per heavy atom. The Labute approximate surface area is 571 Å². The fourth-order valence-electron chi connectivity index (χ4n) is 12.6. The van der Waals surface area contributed by atoms with Crippen molar-refractivity contribution in [2.24, 2.45) is 33.5 Å². The van der Waals surface area contributed by atoms with Gasteiger partial charge in [-0.2, -0.15) is 26.3 Å². The molecule has 97 heavy (non-hydrogen) atoms. The number of phenols is 1. The lowest BCUT2D eigenvalue weighted by molar-refractivity contribution is -0.365. The van der Waals surface area contributed by atoms with Crippen molar-refractivity contribution in [3.63, 3.8) is 0 Å². The molecule has 1 N–H and O–H groups in total. The summed E-state index contributed by atoms with van der Waals surface area (Å²) in [6, 6.07) is 38.5. The van der Waals surface area contributed by atoms with Gasteiger partial charge < -0.3 is 33.3 Å². The summed E-state index contributed by atoms with van der Waals surface area (Å²) in [6.07, 6.45) is -1.22. The summed E-state index contributed by atoms with van der Waals surface area (Å²) in [5.74, 6) is -3.46. The van der Waals surface area contributed by atoms with Crippen LogP contribution < -0.4 is 4.74 Å². The number of rotatable bonds is 17. The Hall–Kier alpha value is -6.65. The molecular weight excluding hydrogens is 1300 g/mol. The molecule has 5 aliphatic carbocycles. The Morgan fingerprint density at radius 3 is 1.55 bits per heavy atom. The lowest BCUT2D eigenvalue weighted by Gasteiger charge is -2.60. The summed E-state index contributed by atoms with van der Waals surface area (Å²) in [6.45, 7) is 26.9. The average molecular weight is 1400 g/mol. The van der Waals surface area contributed by atoms with Crippen LogP contribution in [0.3, 0.4) is 0 Å². The Kier molecular flexibility index (Phi) is 25.6. The van der Waals surface area contributed by atoms with Crippen LogP contribution in [0.15, 0.2) is 142 Å². The van der Waals surface area contributed by atoms with Gasteiger partial charge in [-0.25, -0.2) is 8.42 Å². The van der Waals surface area contributed by atoms with E-state index in [9.17, 15) is 58.5 Å². The third kappa shape index (κ3) is 19.8. The van der Waals surface area contributed by atoms with E-state index in [-0.39, 0.29) is 64.9 Å². The van der Waals surface area contributed by atoms with E-state index in [2.05, 4.69) is 85.1 Å². The highest BCUT2D eigenvalue weighted by molar-refractivity contribution is 7.97. The van der Waals surface area contributed by atoms with Gasteiger partial charge in [-0.15, -0.1) is 0 Å². The normalized spacial score (nSPS) is 20.7. The Balaban J connectivity index is 0.000000205. The maximum absolute atomic E-state index is 13.7. The third-order valence-corrected chi connectivity index (χ3v) is 22.8. The van der Waals surface area contributed by atoms with Crippen molar-refractivity contribution >= 4 is 44.9 Å². The van der Waals surface area contributed by atoms with Crippen LogP contribution >= 0.6 is 0 Å². The molecule has 0 spiro atoms. The standard InChI is InChI=1S/C21H28F6O7S.C18H13OS.C14H21NO2.C12H22O2.C10H14O/c1-4-16(2,3)14(28)33-18-8-12-5-13(9-18)7-17(6-12,10-18)15(29)34-19(20(22,23)24,21(25,26)27)11-35(30,31)32;1-2-8-14(9-3-1)20-17-12-6-4-10-15(17)19-16-11-5-7-13-18(16)20;1-6-13(2,3)12(16)17-14(4,5)11-7-9-15-10-8-11;1-5-11(2,3)10(13)14-12(4)8-6-7-9-12;1-3-8(2)9-4-6-10(11)7-5-9/h12-13H,4-11H2,1-3H3,(H,30,31,32);1-13H;7-10H,6H2,1-5H3;5-9H2,1-4H3;4-8,11H,3H2,1-2H3/q;+1;;;/p-1. The number of fused-ring (bicyclic) bond motifs is 2. The van der Waals surface area contributed by atoms with Gasteiger partial charge in [0.2, 0.25) is 9.79 Å². The predicted octanol–water partition coefficient (Wildman–Crippen LogP) is 18.6. The Bertz CT molecular complexity index is 3500. The van der Waals surface area contributed by atoms with Crippen molar-refractivity contribution in [2.45, 2.75) is 242 Å². The maximum Gasteiger partial charge on any atom is 0.438 e. The number of alkyl halides is 6. The molecule has 0 saturated heterocycles. The Morgan fingerprint density at radius 2 is 1.09 bits per heavy atom. The zero-order valence-electron chi connectivity index (χ0n) is 58.3. The van der Waals surface area contributed by atoms with E-state index in [1.165, 1.54) is 33.1 Å². The zero-order valence-corrected chi connectivity index (χ0v) is 60.0. The van der Waals surface area contributed by atoms with Crippen molar-refractivity contribution in [1.82, 2.24) is 4.98 Å². The first-order chi connectivity index (χ1) is 45.0. The molecule has 0 amide bonds. The molecule has 2 heterocycles. The van der Waals surface area contributed by atoms with Gasteiger partial charge in [0.05, 0.1) is 37.5 Å². The van der Waals surface area contributed by atoms with Gasteiger partial charge in [0.25, 0.3) is 0 Å². The van der Waals surface area contributed by atoms with Gasteiger partial charge in [-0.1, -0.05) is 89.2 Å². The first-order valence-corrected chi connectivity index (χ1v) is 36.1. The van der Waals surface area contributed by atoms with Crippen LogP contribution in [-0.2, 0) is 64.7 Å². The molecule has 11 rings (SSSR count). The second kappa shape index (κ2) is 31.3. The largest absolute Gasteiger partial charge is 0.748 e. The monoisotopic (exact) mass is 1400 g/mol.